The van der Waals surface area contributed by atoms with E-state index in [0.29, 0.717) is 11.2 Å². The Morgan fingerprint density at radius 3 is 2.80 bits per heavy atom. The molecule has 3 rings (SSSR count). The number of aryl methyl sites for hydroxylation is 1. The number of hydrogen-bond donors (Lipinski definition) is 2. The van der Waals surface area contributed by atoms with Gasteiger partial charge in [0.05, 0.1) is 6.20 Å². The number of nitrogens with zero attached hydrogens (tertiary/aromatic N) is 2. The molecule has 0 saturated heterocycles. The van der Waals surface area contributed by atoms with E-state index < -0.39 is 0 Å². The van der Waals surface area contributed by atoms with Crippen molar-refractivity contribution in [2.24, 2.45) is 0 Å². The molecule has 0 aliphatic rings. The predicted molar refractivity (Wildman–Crippen MR) is 74.9 cm³/mol. The van der Waals surface area contributed by atoms with Crippen LogP contribution in [0.25, 0.3) is 5.65 Å². The van der Waals surface area contributed by atoms with Crippen molar-refractivity contribution in [2.75, 3.05) is 5.32 Å². The van der Waals surface area contributed by atoms with Gasteiger partial charge in [-0.2, -0.15) is 4.52 Å². The molecule has 2 N–H and O–H groups in total. The molecule has 6 heteroatoms. The van der Waals surface area contributed by atoms with Crippen molar-refractivity contribution in [3.63, 3.8) is 0 Å². The first-order valence-corrected chi connectivity index (χ1v) is 6.09. The maximum absolute atomic E-state index is 12.2. The summed E-state index contributed by atoms with van der Waals surface area (Å²) in [5, 5.41) is 5.44. The van der Waals surface area contributed by atoms with E-state index in [9.17, 15) is 9.59 Å². The number of carbonyl (C=O) groups excluding carboxylic acids is 1. The average molecular weight is 268 g/mol. The second kappa shape index (κ2) is 4.65. The van der Waals surface area contributed by atoms with E-state index in [1.807, 2.05) is 13.0 Å². The third-order valence-electron chi connectivity index (χ3n) is 2.91. The molecule has 0 fully saturated rings. The molecule has 0 atom stereocenters. The van der Waals surface area contributed by atoms with Gasteiger partial charge >= 0.3 is 0 Å². The summed E-state index contributed by atoms with van der Waals surface area (Å²) in [5.41, 5.74) is 1.62. The molecule has 6 nitrogen and oxygen atoms in total. The smallest absolute Gasteiger partial charge is 0.296 e. The number of aromatic amines is 1. The molecular formula is C14H12N4O2. The zero-order valence-corrected chi connectivity index (χ0v) is 10.8. The van der Waals surface area contributed by atoms with Gasteiger partial charge in [-0.1, -0.05) is 18.2 Å². The lowest BCUT2D eigenvalue weighted by atomic mass is 10.2. The number of anilines is 1. The summed E-state index contributed by atoms with van der Waals surface area (Å²) >= 11 is 0. The van der Waals surface area contributed by atoms with Crippen molar-refractivity contribution in [1.29, 1.82) is 0 Å². The standard InChI is InChI=1S/C14H12N4O2/c1-9-7-12-15-8-11(14(20)18(12)17-9)16-13(19)10-5-3-2-4-6-10/h2-8,17H,1H3,(H,16,19). The van der Waals surface area contributed by atoms with Crippen molar-refractivity contribution in [3.05, 3.63) is 64.2 Å². The van der Waals surface area contributed by atoms with Crippen LogP contribution in [0, 0.1) is 6.92 Å². The Hall–Kier alpha value is -2.89. The van der Waals surface area contributed by atoms with Gasteiger partial charge in [0.15, 0.2) is 5.65 Å². The summed E-state index contributed by atoms with van der Waals surface area (Å²) in [6.45, 7) is 1.83. The molecule has 2 aromatic heterocycles. The van der Waals surface area contributed by atoms with E-state index in [4.69, 9.17) is 0 Å². The Kier molecular flexibility index (Phi) is 2.83. The quantitative estimate of drug-likeness (QED) is 0.740. The lowest BCUT2D eigenvalue weighted by Crippen LogP contribution is -2.23. The SMILES string of the molecule is Cc1cc2ncc(NC(=O)c3ccccc3)c(=O)n2[nH]1. The average Bonchev–Trinajstić information content (AvgIpc) is 2.84. The first-order valence-electron chi connectivity index (χ1n) is 6.09. The van der Waals surface area contributed by atoms with Crippen LogP contribution >= 0.6 is 0 Å². The normalized spacial score (nSPS) is 10.7. The van der Waals surface area contributed by atoms with E-state index in [-0.39, 0.29) is 17.2 Å². The lowest BCUT2D eigenvalue weighted by molar-refractivity contribution is 0.102. The summed E-state index contributed by atoms with van der Waals surface area (Å²) in [7, 11) is 0. The van der Waals surface area contributed by atoms with Crippen LogP contribution in [0.5, 0.6) is 0 Å². The highest BCUT2D eigenvalue weighted by Gasteiger charge is 2.11. The van der Waals surface area contributed by atoms with Crippen LogP contribution in [0.4, 0.5) is 5.69 Å². The molecule has 20 heavy (non-hydrogen) atoms. The maximum Gasteiger partial charge on any atom is 0.296 e. The fraction of sp³-hybridized carbons (Fsp3) is 0.0714. The van der Waals surface area contributed by atoms with Crippen molar-refractivity contribution in [3.8, 4) is 0 Å². The van der Waals surface area contributed by atoms with Gasteiger partial charge in [-0.15, -0.1) is 0 Å². The first kappa shape index (κ1) is 12.2. The largest absolute Gasteiger partial charge is 0.316 e. The van der Waals surface area contributed by atoms with Crippen LogP contribution in [0.1, 0.15) is 16.1 Å². The number of aromatic nitrogens is 3. The van der Waals surface area contributed by atoms with Gasteiger partial charge in [0, 0.05) is 17.3 Å². The molecule has 1 amide bonds. The Morgan fingerprint density at radius 2 is 2.05 bits per heavy atom. The molecule has 0 unspecified atom stereocenters. The Labute approximate surface area is 114 Å². The monoisotopic (exact) mass is 268 g/mol. The summed E-state index contributed by atoms with van der Waals surface area (Å²) in [4.78, 5) is 28.3. The Balaban J connectivity index is 1.97. The maximum atomic E-state index is 12.2. The third-order valence-corrected chi connectivity index (χ3v) is 2.91. The number of amides is 1. The second-order valence-electron chi connectivity index (χ2n) is 4.43. The first-order chi connectivity index (χ1) is 9.65. The van der Waals surface area contributed by atoms with Gasteiger partial charge in [-0.05, 0) is 19.1 Å². The van der Waals surface area contributed by atoms with Crippen molar-refractivity contribution in [2.45, 2.75) is 6.92 Å². The van der Waals surface area contributed by atoms with E-state index in [1.165, 1.54) is 10.7 Å². The fourth-order valence-electron chi connectivity index (χ4n) is 1.95. The molecule has 0 saturated carbocycles. The molecule has 0 bridgehead atoms. The summed E-state index contributed by atoms with van der Waals surface area (Å²) in [5.74, 6) is -0.340. The van der Waals surface area contributed by atoms with Crippen LogP contribution in [-0.2, 0) is 0 Å². The van der Waals surface area contributed by atoms with Crippen LogP contribution in [0.3, 0.4) is 0 Å². The number of rotatable bonds is 2. The highest BCUT2D eigenvalue weighted by atomic mass is 16.2. The van der Waals surface area contributed by atoms with Crippen molar-refractivity contribution in [1.82, 2.24) is 14.6 Å². The number of fused-ring (bicyclic) bond motifs is 1. The highest BCUT2D eigenvalue weighted by Crippen LogP contribution is 2.06. The van der Waals surface area contributed by atoms with E-state index in [1.54, 1.807) is 30.3 Å². The molecule has 0 spiro atoms. The molecule has 3 aromatic rings. The van der Waals surface area contributed by atoms with Gasteiger partial charge in [-0.25, -0.2) is 4.98 Å². The van der Waals surface area contributed by atoms with Crippen LogP contribution in [-0.4, -0.2) is 20.5 Å². The van der Waals surface area contributed by atoms with Crippen molar-refractivity contribution >= 4 is 17.2 Å². The Morgan fingerprint density at radius 1 is 1.30 bits per heavy atom. The predicted octanol–water partition coefficient (Wildman–Crippen LogP) is 1.58. The van der Waals surface area contributed by atoms with Gasteiger partial charge in [0.25, 0.3) is 11.5 Å². The molecule has 2 heterocycles. The molecule has 0 aliphatic carbocycles. The van der Waals surface area contributed by atoms with Crippen LogP contribution < -0.4 is 10.9 Å². The van der Waals surface area contributed by atoms with Crippen LogP contribution in [0.15, 0.2) is 47.4 Å². The van der Waals surface area contributed by atoms with Gasteiger partial charge in [0.2, 0.25) is 0 Å². The van der Waals surface area contributed by atoms with E-state index >= 15 is 0 Å². The summed E-state index contributed by atoms with van der Waals surface area (Å²) in [6.07, 6.45) is 1.37. The summed E-state index contributed by atoms with van der Waals surface area (Å²) < 4.78 is 1.30. The van der Waals surface area contributed by atoms with Crippen molar-refractivity contribution < 1.29 is 4.79 Å². The number of hydrogen-bond acceptors (Lipinski definition) is 3. The minimum Gasteiger partial charge on any atom is -0.316 e. The topological polar surface area (TPSA) is 79.3 Å². The number of H-pyrrole nitrogens is 1. The second-order valence-corrected chi connectivity index (χ2v) is 4.43. The van der Waals surface area contributed by atoms with Gasteiger partial charge < -0.3 is 5.32 Å². The van der Waals surface area contributed by atoms with Gasteiger partial charge in [-0.3, -0.25) is 14.7 Å². The lowest BCUT2D eigenvalue weighted by Gasteiger charge is -2.04. The molecule has 0 radical (unpaired) electrons. The molecule has 1 aromatic carbocycles. The van der Waals surface area contributed by atoms with E-state index in [0.717, 1.165) is 5.69 Å². The minimum absolute atomic E-state index is 0.137. The fourth-order valence-corrected chi connectivity index (χ4v) is 1.95. The number of carbonyl (C=O) groups is 1. The third kappa shape index (κ3) is 2.07. The van der Waals surface area contributed by atoms with Gasteiger partial charge in [0.1, 0.15) is 5.69 Å². The van der Waals surface area contributed by atoms with E-state index in [2.05, 4.69) is 15.4 Å². The number of nitrogens with one attached hydrogen (secondary N) is 2. The molecular weight excluding hydrogens is 256 g/mol. The Bertz CT molecular complexity index is 833. The highest BCUT2D eigenvalue weighted by molar-refractivity contribution is 6.04. The summed E-state index contributed by atoms with van der Waals surface area (Å²) in [6, 6.07) is 10.5. The number of benzene rings is 1. The molecule has 100 valence electrons. The zero-order chi connectivity index (χ0) is 14.1. The zero-order valence-electron chi connectivity index (χ0n) is 10.8. The van der Waals surface area contributed by atoms with Crippen LogP contribution in [0.2, 0.25) is 0 Å². The minimum atomic E-state index is -0.340. The molecule has 0 aliphatic heterocycles.